The molecule has 0 fully saturated rings. The molecule has 1 amide bonds. The lowest BCUT2D eigenvalue weighted by molar-refractivity contribution is -0.630. The second-order valence-corrected chi connectivity index (χ2v) is 5.07. The largest absolute Gasteiger partial charge is 0.475 e. The quantitative estimate of drug-likeness (QED) is 0.636. The normalized spacial score (nSPS) is 12.1. The minimum Gasteiger partial charge on any atom is -0.475 e. The first-order valence-electron chi connectivity index (χ1n) is 6.85. The van der Waals surface area contributed by atoms with Gasteiger partial charge in [-0.1, -0.05) is 0 Å². The summed E-state index contributed by atoms with van der Waals surface area (Å²) in [4.78, 5) is 18.1. The van der Waals surface area contributed by atoms with Gasteiger partial charge in [0.05, 0.1) is 11.7 Å². The number of amides is 1. The summed E-state index contributed by atoms with van der Waals surface area (Å²) in [6.45, 7) is 3.36. The van der Waals surface area contributed by atoms with Gasteiger partial charge in [-0.25, -0.2) is 4.98 Å². The van der Waals surface area contributed by atoms with Crippen LogP contribution in [0.3, 0.4) is 0 Å². The van der Waals surface area contributed by atoms with E-state index in [-0.39, 0.29) is 23.4 Å². The number of hydrogen-bond donors (Lipinski definition) is 2. The van der Waals surface area contributed by atoms with E-state index in [0.29, 0.717) is 0 Å². The standard InChI is InChI=1S/C14H14F3N5O2/c1-8(2)24-12-6-9(5-10(20-12)14(15,16)17)13-19-7-22(21-13)4-3-11(18)23/h3-8H,1-2H3,(H2,18,23)/p+1/b4-3-. The average Bonchev–Trinajstić information content (AvgIpc) is 2.92. The molecule has 24 heavy (non-hydrogen) atoms. The van der Waals surface area contributed by atoms with Gasteiger partial charge in [-0.3, -0.25) is 4.79 Å². The first-order valence-corrected chi connectivity index (χ1v) is 6.85. The molecular formula is C14H15F3N5O2+. The van der Waals surface area contributed by atoms with Crippen LogP contribution in [-0.2, 0) is 11.0 Å². The average molecular weight is 342 g/mol. The van der Waals surface area contributed by atoms with Crippen molar-refractivity contribution in [3.05, 3.63) is 30.2 Å². The Morgan fingerprint density at radius 1 is 1.42 bits per heavy atom. The fraction of sp³-hybridized carbons (Fsp3) is 0.286. The van der Waals surface area contributed by atoms with Crippen molar-refractivity contribution in [2.75, 3.05) is 0 Å². The van der Waals surface area contributed by atoms with E-state index in [0.717, 1.165) is 12.1 Å². The second kappa shape index (κ2) is 6.69. The van der Waals surface area contributed by atoms with Crippen LogP contribution in [0.5, 0.6) is 5.88 Å². The Hall–Kier alpha value is -2.91. The summed E-state index contributed by atoms with van der Waals surface area (Å²) in [6.07, 6.45) is -1.32. The molecule has 7 nitrogen and oxygen atoms in total. The molecular weight excluding hydrogens is 327 g/mol. The van der Waals surface area contributed by atoms with Crippen molar-refractivity contribution >= 4 is 12.1 Å². The van der Waals surface area contributed by atoms with Crippen LogP contribution in [0.4, 0.5) is 13.2 Å². The summed E-state index contributed by atoms with van der Waals surface area (Å²) in [5.74, 6) is -0.689. The molecule has 0 atom stereocenters. The molecule has 0 aromatic carbocycles. The number of carbonyl (C=O) groups excluding carboxylic acids is 1. The lowest BCUT2D eigenvalue weighted by Gasteiger charge is -2.12. The van der Waals surface area contributed by atoms with Crippen molar-refractivity contribution in [2.24, 2.45) is 5.73 Å². The number of alkyl halides is 3. The molecule has 2 aromatic heterocycles. The Labute approximate surface area is 135 Å². The summed E-state index contributed by atoms with van der Waals surface area (Å²) in [7, 11) is 0. The summed E-state index contributed by atoms with van der Waals surface area (Å²) in [5.41, 5.74) is 4.02. The molecule has 0 saturated carbocycles. The number of rotatable bonds is 5. The number of aromatic amines is 1. The monoisotopic (exact) mass is 342 g/mol. The van der Waals surface area contributed by atoms with Gasteiger partial charge < -0.3 is 10.5 Å². The van der Waals surface area contributed by atoms with Crippen LogP contribution in [0.2, 0.25) is 0 Å². The number of halogens is 3. The lowest BCUT2D eigenvalue weighted by Crippen LogP contribution is -2.27. The maximum absolute atomic E-state index is 13.0. The van der Waals surface area contributed by atoms with Crippen LogP contribution >= 0.6 is 0 Å². The molecule has 0 radical (unpaired) electrons. The van der Waals surface area contributed by atoms with Gasteiger partial charge >= 0.3 is 12.5 Å². The van der Waals surface area contributed by atoms with Crippen LogP contribution < -0.4 is 15.2 Å². The van der Waals surface area contributed by atoms with Crippen molar-refractivity contribution < 1.29 is 27.4 Å². The van der Waals surface area contributed by atoms with Crippen LogP contribution in [0, 0.1) is 0 Å². The van der Waals surface area contributed by atoms with Crippen molar-refractivity contribution in [2.45, 2.75) is 26.1 Å². The fourth-order valence-corrected chi connectivity index (χ4v) is 1.76. The number of aromatic nitrogens is 4. The fourth-order valence-electron chi connectivity index (χ4n) is 1.76. The van der Waals surface area contributed by atoms with E-state index in [1.807, 2.05) is 0 Å². The van der Waals surface area contributed by atoms with Gasteiger partial charge in [-0.2, -0.15) is 18.3 Å². The zero-order chi connectivity index (χ0) is 17.9. The third-order valence-electron chi connectivity index (χ3n) is 2.67. The molecule has 0 spiro atoms. The number of carbonyl (C=O) groups is 1. The Morgan fingerprint density at radius 2 is 2.12 bits per heavy atom. The van der Waals surface area contributed by atoms with Crippen LogP contribution in [0.25, 0.3) is 17.6 Å². The molecule has 0 aliphatic carbocycles. The minimum absolute atomic E-state index is 0.138. The van der Waals surface area contributed by atoms with Gasteiger partial charge in [-0.05, 0) is 24.9 Å². The van der Waals surface area contributed by atoms with Crippen molar-refractivity contribution in [1.29, 1.82) is 0 Å². The summed E-state index contributed by atoms with van der Waals surface area (Å²) in [5, 5.41) is 2.70. The number of hydrogen-bond acceptors (Lipinski definition) is 4. The Morgan fingerprint density at radius 3 is 2.71 bits per heavy atom. The van der Waals surface area contributed by atoms with Gasteiger partial charge in [0.2, 0.25) is 11.8 Å². The van der Waals surface area contributed by atoms with E-state index in [1.165, 1.54) is 23.3 Å². The second-order valence-electron chi connectivity index (χ2n) is 5.07. The van der Waals surface area contributed by atoms with Gasteiger partial charge in [0.1, 0.15) is 11.9 Å². The summed E-state index contributed by atoms with van der Waals surface area (Å²) in [6, 6.07) is 2.20. The Balaban J connectivity index is 2.43. The molecule has 2 heterocycles. The predicted octanol–water partition coefficient (Wildman–Crippen LogP) is 1.52. The zero-order valence-electron chi connectivity index (χ0n) is 12.8. The first-order chi connectivity index (χ1) is 11.1. The number of nitrogens with two attached hydrogens (primary N) is 1. The number of primary amides is 1. The van der Waals surface area contributed by atoms with Crippen molar-refractivity contribution in [3.8, 4) is 17.3 Å². The van der Waals surface area contributed by atoms with E-state index in [1.54, 1.807) is 13.8 Å². The third kappa shape index (κ3) is 4.54. The van der Waals surface area contributed by atoms with Crippen LogP contribution in [0.15, 0.2) is 24.5 Å². The molecule has 128 valence electrons. The number of nitrogens with one attached hydrogen (secondary N) is 1. The lowest BCUT2D eigenvalue weighted by atomic mass is 10.2. The van der Waals surface area contributed by atoms with Gasteiger partial charge in [-0.15, -0.1) is 4.68 Å². The summed E-state index contributed by atoms with van der Waals surface area (Å²) < 4.78 is 45.5. The molecule has 3 N–H and O–H groups in total. The highest BCUT2D eigenvalue weighted by Crippen LogP contribution is 2.32. The number of ether oxygens (including phenoxy) is 1. The molecule has 2 rings (SSSR count). The third-order valence-corrected chi connectivity index (χ3v) is 2.67. The molecule has 0 unspecified atom stereocenters. The summed E-state index contributed by atoms with van der Waals surface area (Å²) >= 11 is 0. The first kappa shape index (κ1) is 17.4. The smallest absolute Gasteiger partial charge is 0.433 e. The van der Waals surface area contributed by atoms with Crippen molar-refractivity contribution in [1.82, 2.24) is 15.1 Å². The Kier molecular flexibility index (Phi) is 4.86. The minimum atomic E-state index is -4.63. The van der Waals surface area contributed by atoms with Gasteiger partial charge in [0.25, 0.3) is 5.82 Å². The number of nitrogens with zero attached hydrogens (tertiary/aromatic N) is 3. The van der Waals surface area contributed by atoms with E-state index in [9.17, 15) is 18.0 Å². The SMILES string of the molecule is CC(C)Oc1cc(-c2nc[n+](/C=C\C(N)=O)[nH]2)cc(C(F)(F)F)n1. The highest BCUT2D eigenvalue weighted by molar-refractivity contribution is 5.87. The highest BCUT2D eigenvalue weighted by Gasteiger charge is 2.34. The number of H-pyrrole nitrogens is 1. The maximum Gasteiger partial charge on any atom is 0.433 e. The van der Waals surface area contributed by atoms with Gasteiger partial charge in [0, 0.05) is 12.1 Å². The predicted molar refractivity (Wildman–Crippen MR) is 77.3 cm³/mol. The van der Waals surface area contributed by atoms with E-state index in [2.05, 4.69) is 15.1 Å². The van der Waals surface area contributed by atoms with E-state index < -0.39 is 17.8 Å². The van der Waals surface area contributed by atoms with Crippen LogP contribution in [-0.4, -0.2) is 27.1 Å². The molecule has 2 aromatic rings. The van der Waals surface area contributed by atoms with E-state index >= 15 is 0 Å². The molecule has 0 aliphatic rings. The maximum atomic E-state index is 13.0. The Bertz CT molecular complexity index is 768. The highest BCUT2D eigenvalue weighted by atomic mass is 19.4. The molecule has 0 aliphatic heterocycles. The van der Waals surface area contributed by atoms with Gasteiger partial charge in [0.15, 0.2) is 0 Å². The van der Waals surface area contributed by atoms with Crippen LogP contribution in [0.1, 0.15) is 19.5 Å². The van der Waals surface area contributed by atoms with E-state index in [4.69, 9.17) is 10.5 Å². The molecule has 0 saturated heterocycles. The zero-order valence-corrected chi connectivity index (χ0v) is 12.8. The molecule has 0 bridgehead atoms. The molecule has 10 heteroatoms. The van der Waals surface area contributed by atoms with Crippen molar-refractivity contribution in [3.63, 3.8) is 0 Å². The number of pyridine rings is 1. The topological polar surface area (TPSA) is 97.8 Å².